The molecule has 5 heteroatoms. The molecule has 2 aromatic rings. The van der Waals surface area contributed by atoms with Crippen molar-refractivity contribution in [3.8, 4) is 5.75 Å². The first kappa shape index (κ1) is 12.3. The van der Waals surface area contributed by atoms with E-state index in [-0.39, 0.29) is 17.1 Å². The summed E-state index contributed by atoms with van der Waals surface area (Å²) in [6.45, 7) is 2.55. The molecule has 0 atom stereocenters. The van der Waals surface area contributed by atoms with E-state index in [4.69, 9.17) is 4.74 Å². The Morgan fingerprint density at radius 1 is 1.50 bits per heavy atom. The Morgan fingerprint density at radius 3 is 2.89 bits per heavy atom. The van der Waals surface area contributed by atoms with Gasteiger partial charge >= 0.3 is 0 Å². The third-order valence-corrected chi connectivity index (χ3v) is 2.67. The van der Waals surface area contributed by atoms with Gasteiger partial charge in [-0.1, -0.05) is 0 Å². The number of rotatable bonds is 4. The molecule has 2 rings (SSSR count). The fourth-order valence-electron chi connectivity index (χ4n) is 1.71. The van der Waals surface area contributed by atoms with Gasteiger partial charge in [0.05, 0.1) is 7.11 Å². The van der Waals surface area contributed by atoms with Gasteiger partial charge in [-0.05, 0) is 25.1 Å². The highest BCUT2D eigenvalue weighted by atomic mass is 19.1. The smallest absolute Gasteiger partial charge is 0.228 e. The molecule has 0 amide bonds. The third kappa shape index (κ3) is 2.11. The van der Waals surface area contributed by atoms with E-state index in [0.717, 1.165) is 6.07 Å². The van der Waals surface area contributed by atoms with Crippen LogP contribution in [0.4, 0.5) is 4.39 Å². The van der Waals surface area contributed by atoms with Crippen molar-refractivity contribution in [1.29, 1.82) is 0 Å². The minimum Gasteiger partial charge on any atom is -0.494 e. The van der Waals surface area contributed by atoms with E-state index in [2.05, 4.69) is 4.98 Å². The SMILES string of the molecule is CCn1ccnc1C(=O)c1ccc(OC)c(F)c1. The van der Waals surface area contributed by atoms with Crippen LogP contribution in [0.3, 0.4) is 0 Å². The second kappa shape index (κ2) is 5.00. The van der Waals surface area contributed by atoms with Crippen LogP contribution in [0.2, 0.25) is 0 Å². The lowest BCUT2D eigenvalue weighted by Crippen LogP contribution is -2.10. The topological polar surface area (TPSA) is 44.1 Å². The maximum absolute atomic E-state index is 13.5. The van der Waals surface area contributed by atoms with Crippen molar-refractivity contribution in [3.05, 3.63) is 47.8 Å². The number of aryl methyl sites for hydroxylation is 1. The molecule has 1 heterocycles. The highest BCUT2D eigenvalue weighted by Crippen LogP contribution is 2.19. The van der Waals surface area contributed by atoms with Gasteiger partial charge in [0.15, 0.2) is 17.4 Å². The van der Waals surface area contributed by atoms with Crippen LogP contribution in [0.25, 0.3) is 0 Å². The zero-order valence-electron chi connectivity index (χ0n) is 10.2. The number of hydrogen-bond acceptors (Lipinski definition) is 3. The number of ketones is 1. The number of carbonyl (C=O) groups is 1. The second-order valence-electron chi connectivity index (χ2n) is 3.72. The second-order valence-corrected chi connectivity index (χ2v) is 3.72. The van der Waals surface area contributed by atoms with Gasteiger partial charge < -0.3 is 9.30 Å². The quantitative estimate of drug-likeness (QED) is 0.780. The molecule has 0 saturated carbocycles. The van der Waals surface area contributed by atoms with Crippen LogP contribution in [0, 0.1) is 5.82 Å². The van der Waals surface area contributed by atoms with E-state index >= 15 is 0 Å². The van der Waals surface area contributed by atoms with Gasteiger partial charge in [0.2, 0.25) is 5.78 Å². The molecule has 0 radical (unpaired) electrons. The fraction of sp³-hybridized carbons (Fsp3) is 0.231. The van der Waals surface area contributed by atoms with Crippen molar-refractivity contribution < 1.29 is 13.9 Å². The first-order valence-electron chi connectivity index (χ1n) is 5.56. The average molecular weight is 248 g/mol. The number of hydrogen-bond donors (Lipinski definition) is 0. The number of methoxy groups -OCH3 is 1. The number of benzene rings is 1. The Balaban J connectivity index is 2.37. The molecule has 0 bridgehead atoms. The molecular formula is C13H13FN2O2. The van der Waals surface area contributed by atoms with Crippen molar-refractivity contribution in [2.75, 3.05) is 7.11 Å². The van der Waals surface area contributed by atoms with E-state index in [9.17, 15) is 9.18 Å². The number of nitrogens with zero attached hydrogens (tertiary/aromatic N) is 2. The van der Waals surface area contributed by atoms with Gasteiger partial charge in [-0.25, -0.2) is 9.37 Å². The van der Waals surface area contributed by atoms with Crippen LogP contribution in [-0.2, 0) is 6.54 Å². The van der Waals surface area contributed by atoms with Crippen LogP contribution in [-0.4, -0.2) is 22.4 Å². The molecule has 94 valence electrons. The molecule has 1 aromatic heterocycles. The maximum Gasteiger partial charge on any atom is 0.228 e. The van der Waals surface area contributed by atoms with E-state index < -0.39 is 5.82 Å². The first-order valence-corrected chi connectivity index (χ1v) is 5.56. The third-order valence-electron chi connectivity index (χ3n) is 2.67. The number of imidazole rings is 1. The molecular weight excluding hydrogens is 235 g/mol. The van der Waals surface area contributed by atoms with Crippen molar-refractivity contribution in [1.82, 2.24) is 9.55 Å². The molecule has 0 N–H and O–H groups in total. The minimum absolute atomic E-state index is 0.116. The molecule has 0 fully saturated rings. The lowest BCUT2D eigenvalue weighted by atomic mass is 10.1. The highest BCUT2D eigenvalue weighted by Gasteiger charge is 2.16. The van der Waals surface area contributed by atoms with E-state index in [1.807, 2.05) is 6.92 Å². The molecule has 4 nitrogen and oxygen atoms in total. The van der Waals surface area contributed by atoms with Crippen LogP contribution in [0.1, 0.15) is 23.1 Å². The van der Waals surface area contributed by atoms with Crippen LogP contribution < -0.4 is 4.74 Å². The van der Waals surface area contributed by atoms with Gasteiger partial charge in [0, 0.05) is 24.5 Å². The number of carbonyl (C=O) groups excluding carboxylic acids is 1. The number of aromatic nitrogens is 2. The van der Waals surface area contributed by atoms with Crippen molar-refractivity contribution in [3.63, 3.8) is 0 Å². The summed E-state index contributed by atoms with van der Waals surface area (Å²) in [6.07, 6.45) is 3.27. The normalized spacial score (nSPS) is 10.4. The zero-order valence-corrected chi connectivity index (χ0v) is 10.2. The Hall–Kier alpha value is -2.17. The maximum atomic E-state index is 13.5. The lowest BCUT2D eigenvalue weighted by molar-refractivity contribution is 0.102. The first-order chi connectivity index (χ1) is 8.67. The molecule has 0 aliphatic carbocycles. The molecule has 0 unspecified atom stereocenters. The standard InChI is InChI=1S/C13H13FN2O2/c1-3-16-7-6-15-13(16)12(17)9-4-5-11(18-2)10(14)8-9/h4-8H,3H2,1-2H3. The summed E-state index contributed by atoms with van der Waals surface area (Å²) in [5, 5.41) is 0. The Kier molecular flexibility index (Phi) is 3.41. The van der Waals surface area contributed by atoms with Crippen molar-refractivity contribution in [2.24, 2.45) is 0 Å². The fourth-order valence-corrected chi connectivity index (χ4v) is 1.71. The monoisotopic (exact) mass is 248 g/mol. The molecule has 1 aromatic carbocycles. The molecule has 0 aliphatic rings. The van der Waals surface area contributed by atoms with Crippen LogP contribution >= 0.6 is 0 Å². The van der Waals surface area contributed by atoms with Crippen molar-refractivity contribution >= 4 is 5.78 Å². The van der Waals surface area contributed by atoms with Gasteiger partial charge in [0.25, 0.3) is 0 Å². The molecule has 18 heavy (non-hydrogen) atoms. The zero-order chi connectivity index (χ0) is 13.1. The number of halogens is 1. The average Bonchev–Trinajstić information content (AvgIpc) is 2.86. The molecule has 0 saturated heterocycles. The largest absolute Gasteiger partial charge is 0.494 e. The summed E-state index contributed by atoms with van der Waals surface area (Å²) in [5.74, 6) is -0.436. The molecule has 0 aliphatic heterocycles. The predicted octanol–water partition coefficient (Wildman–Crippen LogP) is 2.28. The minimum atomic E-state index is -0.557. The molecule has 0 spiro atoms. The van der Waals surface area contributed by atoms with Gasteiger partial charge in [-0.2, -0.15) is 0 Å². The summed E-state index contributed by atoms with van der Waals surface area (Å²) in [4.78, 5) is 16.1. The van der Waals surface area contributed by atoms with Crippen LogP contribution in [0.15, 0.2) is 30.6 Å². The van der Waals surface area contributed by atoms with Crippen LogP contribution in [0.5, 0.6) is 5.75 Å². The summed E-state index contributed by atoms with van der Waals surface area (Å²) in [5.41, 5.74) is 0.259. The van der Waals surface area contributed by atoms with E-state index in [1.54, 1.807) is 17.0 Å². The lowest BCUT2D eigenvalue weighted by Gasteiger charge is -2.06. The summed E-state index contributed by atoms with van der Waals surface area (Å²) < 4.78 is 20.1. The number of ether oxygens (including phenoxy) is 1. The van der Waals surface area contributed by atoms with E-state index in [1.165, 1.54) is 19.2 Å². The Morgan fingerprint density at radius 2 is 2.28 bits per heavy atom. The van der Waals surface area contributed by atoms with Gasteiger partial charge in [0.1, 0.15) is 0 Å². The van der Waals surface area contributed by atoms with Gasteiger partial charge in [-0.15, -0.1) is 0 Å². The Bertz CT molecular complexity index is 578. The van der Waals surface area contributed by atoms with E-state index in [0.29, 0.717) is 12.4 Å². The Labute approximate surface area is 104 Å². The predicted molar refractivity (Wildman–Crippen MR) is 64.3 cm³/mol. The summed E-state index contributed by atoms with van der Waals surface area (Å²) in [6, 6.07) is 4.12. The summed E-state index contributed by atoms with van der Waals surface area (Å²) >= 11 is 0. The van der Waals surface area contributed by atoms with Crippen molar-refractivity contribution in [2.45, 2.75) is 13.5 Å². The summed E-state index contributed by atoms with van der Waals surface area (Å²) in [7, 11) is 1.38. The van der Waals surface area contributed by atoms with Gasteiger partial charge in [-0.3, -0.25) is 4.79 Å². The highest BCUT2D eigenvalue weighted by molar-refractivity contribution is 6.06.